The molecule has 0 amide bonds. The molecule has 0 rings (SSSR count). The lowest BCUT2D eigenvalue weighted by molar-refractivity contribution is -0.141. The Hall–Kier alpha value is -0.0962. The summed E-state index contributed by atoms with van der Waals surface area (Å²) in [5, 5.41) is 9.68. The predicted octanol–water partition coefficient (Wildman–Crippen LogP) is 3.68. The number of rotatable bonds is 5. The minimum Gasteiger partial charge on any atom is -0.481 e. The summed E-state index contributed by atoms with van der Waals surface area (Å²) in [6, 6.07) is 0. The molecule has 0 bridgehead atoms. The third-order valence-corrected chi connectivity index (χ3v) is 13.0. The van der Waals surface area contributed by atoms with E-state index in [2.05, 4.69) is 39.3 Å². The molecule has 0 heterocycles. The minimum absolute atomic E-state index is 0.187. The summed E-state index contributed by atoms with van der Waals surface area (Å²) >= 11 is 0. The number of carboxylic acid groups (broad SMARTS) is 1. The summed E-state index contributed by atoms with van der Waals surface area (Å²) in [4.78, 5) is 10.9. The first-order valence-corrected chi connectivity index (χ1v) is 12.8. The summed E-state index contributed by atoms with van der Waals surface area (Å²) in [5.41, 5.74) is 0. The van der Waals surface area contributed by atoms with Crippen molar-refractivity contribution in [2.24, 2.45) is 5.92 Å². The van der Waals surface area contributed by atoms with Crippen LogP contribution in [0.25, 0.3) is 0 Å². The average Bonchev–Trinajstić information content (AvgIpc) is 1.94. The minimum atomic E-state index is -1.23. The molecule has 15 heavy (non-hydrogen) atoms. The van der Waals surface area contributed by atoms with E-state index in [0.717, 1.165) is 6.42 Å². The molecule has 0 fully saturated rings. The van der Waals surface area contributed by atoms with Crippen molar-refractivity contribution in [2.75, 3.05) is 0 Å². The van der Waals surface area contributed by atoms with Crippen LogP contribution in [0.15, 0.2) is 0 Å². The average molecular weight is 246 g/mol. The Kier molecular flexibility index (Phi) is 4.79. The molecule has 90 valence electrons. The lowest BCUT2D eigenvalue weighted by atomic mass is 10.1. The fourth-order valence-electron chi connectivity index (χ4n) is 2.46. The molecular formula is C11H26O2Si2. The van der Waals surface area contributed by atoms with Crippen LogP contribution in [0.5, 0.6) is 0 Å². The van der Waals surface area contributed by atoms with Gasteiger partial charge in [0.25, 0.3) is 0 Å². The first kappa shape index (κ1) is 14.9. The van der Waals surface area contributed by atoms with Gasteiger partial charge in [0.1, 0.15) is 0 Å². The summed E-state index contributed by atoms with van der Waals surface area (Å²) in [6.07, 6.45) is 0.876. The molecule has 1 N–H and O–H groups in total. The van der Waals surface area contributed by atoms with Gasteiger partial charge < -0.3 is 5.11 Å². The molecule has 0 aromatic heterocycles. The lowest BCUT2D eigenvalue weighted by Gasteiger charge is -2.39. The van der Waals surface area contributed by atoms with E-state index >= 15 is 0 Å². The molecule has 0 aromatic carbocycles. The molecule has 0 radical (unpaired) electrons. The highest BCUT2D eigenvalue weighted by atomic mass is 28.4. The molecule has 1 atom stereocenters. The first-order valence-electron chi connectivity index (χ1n) is 5.69. The van der Waals surface area contributed by atoms with Crippen molar-refractivity contribution in [2.45, 2.75) is 57.8 Å². The van der Waals surface area contributed by atoms with Gasteiger partial charge >= 0.3 is 5.97 Å². The van der Waals surface area contributed by atoms with Crippen LogP contribution in [-0.2, 0) is 4.79 Å². The number of aliphatic carboxylic acids is 1. The molecule has 0 aliphatic heterocycles. The maximum absolute atomic E-state index is 10.9. The van der Waals surface area contributed by atoms with Gasteiger partial charge in [0.2, 0.25) is 0 Å². The number of carboxylic acids is 1. The molecule has 2 nitrogen and oxygen atoms in total. The molecular weight excluding hydrogens is 220 g/mol. The van der Waals surface area contributed by atoms with Crippen LogP contribution in [0.4, 0.5) is 0 Å². The number of hydrogen-bond donors (Lipinski definition) is 1. The van der Waals surface area contributed by atoms with Gasteiger partial charge in [0.05, 0.1) is 5.92 Å². The van der Waals surface area contributed by atoms with Crippen molar-refractivity contribution >= 4 is 22.1 Å². The van der Waals surface area contributed by atoms with Crippen LogP contribution in [0, 0.1) is 5.92 Å². The van der Waals surface area contributed by atoms with Gasteiger partial charge in [-0.15, -0.1) is 0 Å². The zero-order valence-corrected chi connectivity index (χ0v) is 13.2. The van der Waals surface area contributed by atoms with E-state index in [1.54, 1.807) is 0 Å². The van der Waals surface area contributed by atoms with E-state index in [-0.39, 0.29) is 5.92 Å². The second kappa shape index (κ2) is 4.83. The zero-order chi connectivity index (χ0) is 12.4. The van der Waals surface area contributed by atoms with Crippen LogP contribution < -0.4 is 0 Å². The predicted molar refractivity (Wildman–Crippen MR) is 71.9 cm³/mol. The van der Waals surface area contributed by atoms with Crippen molar-refractivity contribution in [1.82, 2.24) is 0 Å². The molecule has 0 saturated carbocycles. The smallest absolute Gasteiger partial charge is 0.306 e. The van der Waals surface area contributed by atoms with E-state index in [9.17, 15) is 4.79 Å². The van der Waals surface area contributed by atoms with Crippen molar-refractivity contribution in [3.8, 4) is 0 Å². The van der Waals surface area contributed by atoms with Crippen molar-refractivity contribution < 1.29 is 9.90 Å². The number of hydrogen-bond acceptors (Lipinski definition) is 1. The first-order chi connectivity index (χ1) is 6.46. The Labute approximate surface area is 96.1 Å². The molecule has 0 aromatic rings. The zero-order valence-electron chi connectivity index (χ0n) is 11.2. The molecule has 0 aliphatic carbocycles. The van der Waals surface area contributed by atoms with Crippen LogP contribution >= 0.6 is 0 Å². The van der Waals surface area contributed by atoms with Crippen LogP contribution in [0.3, 0.4) is 0 Å². The van der Waals surface area contributed by atoms with Gasteiger partial charge in [-0.05, 0) is 11.6 Å². The normalized spacial score (nSPS) is 15.5. The van der Waals surface area contributed by atoms with Crippen molar-refractivity contribution in [3.63, 3.8) is 0 Å². The standard InChI is InChI=1S/C11H26O2Si2/c1-9(11(12)13)8-10(14(2,3)4)15(5,6)7/h9-10H,8H2,1-7H3,(H,12,13). The Bertz CT molecular complexity index is 212. The second-order valence-corrected chi connectivity index (χ2v) is 18.2. The Balaban J connectivity index is 4.77. The van der Waals surface area contributed by atoms with Crippen LogP contribution in [0.2, 0.25) is 44.4 Å². The summed E-state index contributed by atoms with van der Waals surface area (Å²) in [7, 11) is -2.46. The van der Waals surface area contributed by atoms with Gasteiger partial charge in [-0.3, -0.25) is 4.79 Å². The quantitative estimate of drug-likeness (QED) is 0.751. The Morgan fingerprint density at radius 1 is 1.07 bits per heavy atom. The fraction of sp³-hybridized carbons (Fsp3) is 0.909. The third kappa shape index (κ3) is 4.97. The maximum atomic E-state index is 10.9. The van der Waals surface area contributed by atoms with E-state index in [0.29, 0.717) is 5.16 Å². The second-order valence-electron chi connectivity index (χ2n) is 6.76. The Morgan fingerprint density at radius 3 is 1.60 bits per heavy atom. The van der Waals surface area contributed by atoms with Crippen LogP contribution in [0.1, 0.15) is 13.3 Å². The summed E-state index contributed by atoms with van der Waals surface area (Å²) < 4.78 is 0. The van der Waals surface area contributed by atoms with Gasteiger partial charge in [0, 0.05) is 16.1 Å². The lowest BCUT2D eigenvalue weighted by Crippen LogP contribution is -2.45. The molecule has 0 saturated heterocycles. The monoisotopic (exact) mass is 246 g/mol. The molecule has 1 unspecified atom stereocenters. The largest absolute Gasteiger partial charge is 0.481 e. The maximum Gasteiger partial charge on any atom is 0.306 e. The Morgan fingerprint density at radius 2 is 1.40 bits per heavy atom. The summed E-state index contributed by atoms with van der Waals surface area (Å²) in [6.45, 7) is 16.0. The number of carbonyl (C=O) groups is 1. The van der Waals surface area contributed by atoms with E-state index in [4.69, 9.17) is 5.11 Å². The third-order valence-electron chi connectivity index (χ3n) is 3.10. The van der Waals surface area contributed by atoms with E-state index in [1.807, 2.05) is 6.92 Å². The molecule has 4 heteroatoms. The topological polar surface area (TPSA) is 37.3 Å². The van der Waals surface area contributed by atoms with Crippen molar-refractivity contribution in [3.05, 3.63) is 0 Å². The highest BCUT2D eigenvalue weighted by Gasteiger charge is 2.38. The molecule has 0 aliphatic rings. The fourth-order valence-corrected chi connectivity index (χ4v) is 15.0. The van der Waals surface area contributed by atoms with Crippen LogP contribution in [-0.4, -0.2) is 27.2 Å². The SMILES string of the molecule is CC(CC([Si](C)(C)C)[Si](C)(C)C)C(=O)O. The van der Waals surface area contributed by atoms with E-state index < -0.39 is 22.1 Å². The molecule has 0 spiro atoms. The highest BCUT2D eigenvalue weighted by molar-refractivity contribution is 6.96. The highest BCUT2D eigenvalue weighted by Crippen LogP contribution is 2.37. The van der Waals surface area contributed by atoms with Gasteiger partial charge in [-0.25, -0.2) is 0 Å². The van der Waals surface area contributed by atoms with Gasteiger partial charge in [-0.1, -0.05) is 46.2 Å². The van der Waals surface area contributed by atoms with Gasteiger partial charge in [-0.2, -0.15) is 0 Å². The van der Waals surface area contributed by atoms with Gasteiger partial charge in [0.15, 0.2) is 0 Å². The van der Waals surface area contributed by atoms with Crippen molar-refractivity contribution in [1.29, 1.82) is 0 Å². The van der Waals surface area contributed by atoms with E-state index in [1.165, 1.54) is 0 Å². The summed E-state index contributed by atoms with van der Waals surface area (Å²) in [5.74, 6) is -0.829.